The van der Waals surface area contributed by atoms with E-state index in [1.54, 1.807) is 12.1 Å². The zero-order valence-electron chi connectivity index (χ0n) is 22.3. The van der Waals surface area contributed by atoms with Crippen LogP contribution in [-0.4, -0.2) is 42.2 Å². The van der Waals surface area contributed by atoms with Gasteiger partial charge in [0.2, 0.25) is 0 Å². The number of carboxylic acids is 1. The second-order valence-corrected chi connectivity index (χ2v) is 9.74. The molecule has 3 aromatic rings. The van der Waals surface area contributed by atoms with Crippen LogP contribution in [0.2, 0.25) is 0 Å². The summed E-state index contributed by atoms with van der Waals surface area (Å²) in [4.78, 5) is 24.2. The van der Waals surface area contributed by atoms with Crippen molar-refractivity contribution >= 4 is 18.0 Å². The maximum Gasteiger partial charge on any atom is 0.461 e. The molecule has 1 aliphatic rings. The lowest BCUT2D eigenvalue weighted by Gasteiger charge is -2.26. The molecular formula is C31H28F4NO6-. The molecule has 0 saturated carbocycles. The summed E-state index contributed by atoms with van der Waals surface area (Å²) in [5.74, 6) is -2.19. The Labute approximate surface area is 239 Å². The Morgan fingerprint density at radius 2 is 1.76 bits per heavy atom. The molecule has 0 fully saturated rings. The molecule has 0 spiro atoms. The van der Waals surface area contributed by atoms with Gasteiger partial charge in [-0.3, -0.25) is 4.79 Å². The van der Waals surface area contributed by atoms with Gasteiger partial charge in [-0.05, 0) is 78.3 Å². The van der Waals surface area contributed by atoms with Gasteiger partial charge in [-0.1, -0.05) is 48.6 Å². The van der Waals surface area contributed by atoms with Gasteiger partial charge in [0.05, 0.1) is 18.1 Å². The number of benzene rings is 3. The molecule has 2 N–H and O–H groups in total. The summed E-state index contributed by atoms with van der Waals surface area (Å²) >= 11 is 0. The Hall–Kier alpha value is -4.38. The lowest BCUT2D eigenvalue weighted by Crippen LogP contribution is -2.41. The number of hydrogen-bond donors (Lipinski definition) is 2. The van der Waals surface area contributed by atoms with E-state index in [-0.39, 0.29) is 12.2 Å². The van der Waals surface area contributed by atoms with Crippen LogP contribution in [0.5, 0.6) is 11.5 Å². The van der Waals surface area contributed by atoms with Gasteiger partial charge in [0.25, 0.3) is 5.91 Å². The fraction of sp³-hybridized carbons (Fsp3) is 0.290. The molecule has 7 nitrogen and oxygen atoms in total. The Balaban J connectivity index is 1.62. The number of aliphatic hydroxyl groups is 1. The summed E-state index contributed by atoms with van der Waals surface area (Å²) in [7, 11) is 0. The van der Waals surface area contributed by atoms with Crippen molar-refractivity contribution in [2.24, 2.45) is 0 Å². The topological polar surface area (TPSA) is 108 Å². The molecular weight excluding hydrogens is 558 g/mol. The molecule has 2 atom stereocenters. The van der Waals surface area contributed by atoms with Crippen molar-refractivity contribution in [3.05, 3.63) is 101 Å². The number of ether oxygens (including phenoxy) is 2. The summed E-state index contributed by atoms with van der Waals surface area (Å²) in [6, 6.07) is 15.3. The van der Waals surface area contributed by atoms with Crippen LogP contribution in [-0.2, 0) is 17.6 Å². The quantitative estimate of drug-likeness (QED) is 0.303. The minimum Gasteiger partial charge on any atom is -0.546 e. The van der Waals surface area contributed by atoms with Crippen LogP contribution in [0, 0.1) is 0 Å². The van der Waals surface area contributed by atoms with Gasteiger partial charge in [0.1, 0.15) is 18.1 Å². The smallest absolute Gasteiger partial charge is 0.461 e. The molecule has 0 saturated heterocycles. The van der Waals surface area contributed by atoms with Crippen molar-refractivity contribution < 1.29 is 46.8 Å². The molecule has 0 bridgehead atoms. The number of carboxylic acid groups (broad SMARTS) is 1. The molecule has 11 heteroatoms. The van der Waals surface area contributed by atoms with Crippen molar-refractivity contribution in [3.8, 4) is 11.5 Å². The highest BCUT2D eigenvalue weighted by molar-refractivity contribution is 5.98. The highest BCUT2D eigenvalue weighted by Gasteiger charge is 2.44. The van der Waals surface area contributed by atoms with Crippen LogP contribution in [0.3, 0.4) is 0 Å². The van der Waals surface area contributed by atoms with Crippen molar-refractivity contribution in [3.63, 3.8) is 0 Å². The first kappa shape index (κ1) is 30.6. The third-order valence-electron chi connectivity index (χ3n) is 6.68. The SMILES string of the molecule is O=C([O-])COc1ccc(C(O)C(Cc2cccc(OC(F)(F)C(F)F)c2)NC(=O)c2cccc3c2C=CCCC3)cc1. The van der Waals surface area contributed by atoms with E-state index in [2.05, 4.69) is 10.1 Å². The van der Waals surface area contributed by atoms with E-state index in [4.69, 9.17) is 4.74 Å². The first-order chi connectivity index (χ1) is 20.0. The molecule has 42 heavy (non-hydrogen) atoms. The number of aliphatic hydroxyl groups excluding tert-OH is 1. The van der Waals surface area contributed by atoms with Gasteiger partial charge in [-0.15, -0.1) is 0 Å². The number of amides is 1. The summed E-state index contributed by atoms with van der Waals surface area (Å²) in [5, 5.41) is 24.8. The Bertz CT molecular complexity index is 1430. The normalized spacial score (nSPS) is 14.4. The van der Waals surface area contributed by atoms with Gasteiger partial charge in [-0.25, -0.2) is 0 Å². The average molecular weight is 587 g/mol. The summed E-state index contributed by atoms with van der Waals surface area (Å²) in [6.45, 7) is -0.667. The largest absolute Gasteiger partial charge is 0.546 e. The second kappa shape index (κ2) is 13.5. The third kappa shape index (κ3) is 7.88. The van der Waals surface area contributed by atoms with E-state index in [9.17, 15) is 37.4 Å². The predicted octanol–water partition coefficient (Wildman–Crippen LogP) is 4.48. The maximum absolute atomic E-state index is 13.6. The van der Waals surface area contributed by atoms with Crippen LogP contribution in [0.4, 0.5) is 17.6 Å². The van der Waals surface area contributed by atoms with Crippen LogP contribution < -0.4 is 19.9 Å². The monoisotopic (exact) mass is 586 g/mol. The third-order valence-corrected chi connectivity index (χ3v) is 6.68. The highest BCUT2D eigenvalue weighted by atomic mass is 19.3. The molecule has 0 radical (unpaired) electrons. The van der Waals surface area contributed by atoms with E-state index in [0.717, 1.165) is 42.5 Å². The molecule has 1 amide bonds. The molecule has 222 valence electrons. The number of alkyl halides is 4. The van der Waals surface area contributed by atoms with Gasteiger partial charge in [0, 0.05) is 5.56 Å². The molecule has 0 aromatic heterocycles. The first-order valence-corrected chi connectivity index (χ1v) is 13.2. The van der Waals surface area contributed by atoms with Gasteiger partial charge < -0.3 is 29.8 Å². The lowest BCUT2D eigenvalue weighted by molar-refractivity contribution is -0.307. The van der Waals surface area contributed by atoms with Crippen LogP contribution >= 0.6 is 0 Å². The zero-order chi connectivity index (χ0) is 30.3. The number of aliphatic carboxylic acids is 1. The fourth-order valence-corrected chi connectivity index (χ4v) is 4.65. The lowest BCUT2D eigenvalue weighted by atomic mass is 9.94. The average Bonchev–Trinajstić information content (AvgIpc) is 3.21. The van der Waals surface area contributed by atoms with Crippen LogP contribution in [0.25, 0.3) is 6.08 Å². The van der Waals surface area contributed by atoms with Gasteiger partial charge in [-0.2, -0.15) is 17.6 Å². The molecule has 4 rings (SSSR count). The van der Waals surface area contributed by atoms with Crippen molar-refractivity contribution in [1.29, 1.82) is 0 Å². The minimum absolute atomic E-state index is 0.0852. The van der Waals surface area contributed by atoms with E-state index in [1.807, 2.05) is 18.2 Å². The number of fused-ring (bicyclic) bond motifs is 1. The first-order valence-electron chi connectivity index (χ1n) is 13.2. The van der Waals surface area contributed by atoms with Crippen molar-refractivity contribution in [2.45, 2.75) is 50.4 Å². The number of carbonyl (C=O) groups is 2. The molecule has 1 aliphatic carbocycles. The number of hydrogen-bond acceptors (Lipinski definition) is 6. The van der Waals surface area contributed by atoms with Crippen molar-refractivity contribution in [2.75, 3.05) is 6.61 Å². The number of aryl methyl sites for hydroxylation is 1. The zero-order valence-corrected chi connectivity index (χ0v) is 22.3. The summed E-state index contributed by atoms with van der Waals surface area (Å²) < 4.78 is 61.6. The number of nitrogens with one attached hydrogen (secondary N) is 1. The highest BCUT2D eigenvalue weighted by Crippen LogP contribution is 2.30. The van der Waals surface area contributed by atoms with E-state index in [0.29, 0.717) is 16.7 Å². The maximum atomic E-state index is 13.6. The molecule has 3 aromatic carbocycles. The van der Waals surface area contributed by atoms with Crippen LogP contribution in [0.15, 0.2) is 72.8 Å². The van der Waals surface area contributed by atoms with E-state index >= 15 is 0 Å². The molecule has 0 aliphatic heterocycles. The standard InChI is InChI=1S/C31H29F4NO6/c32-30(33)31(34,35)42-23-9-4-6-19(16-23)17-26(28(39)21-12-14-22(15-13-21)41-18-27(37)38)36-29(40)25-11-5-8-20-7-2-1-3-10-24(20)25/h3-6,8-16,26,28,30,39H,1-2,7,17-18H2,(H,36,40)(H,37,38)/p-1. The number of rotatable bonds is 12. The molecule has 0 heterocycles. The Morgan fingerprint density at radius 1 is 1.02 bits per heavy atom. The Kier molecular flexibility index (Phi) is 9.84. The van der Waals surface area contributed by atoms with Crippen LogP contribution in [0.1, 0.15) is 51.6 Å². The number of carbonyl (C=O) groups excluding carboxylic acids is 2. The number of allylic oxidation sites excluding steroid dienone is 1. The van der Waals surface area contributed by atoms with E-state index < -0.39 is 48.9 Å². The predicted molar refractivity (Wildman–Crippen MR) is 143 cm³/mol. The summed E-state index contributed by atoms with van der Waals surface area (Å²) in [6.07, 6.45) is -3.69. The van der Waals surface area contributed by atoms with Crippen molar-refractivity contribution in [1.82, 2.24) is 5.32 Å². The summed E-state index contributed by atoms with van der Waals surface area (Å²) in [5.41, 5.74) is 2.82. The van der Waals surface area contributed by atoms with Gasteiger partial charge in [0.15, 0.2) is 0 Å². The molecule has 2 unspecified atom stereocenters. The van der Waals surface area contributed by atoms with E-state index in [1.165, 1.54) is 36.4 Å². The fourth-order valence-electron chi connectivity index (χ4n) is 4.65. The number of halogens is 4. The van der Waals surface area contributed by atoms with Gasteiger partial charge >= 0.3 is 12.5 Å². The minimum atomic E-state index is -4.70. The Morgan fingerprint density at radius 3 is 2.48 bits per heavy atom. The second-order valence-electron chi connectivity index (χ2n) is 9.74.